The Balaban J connectivity index is 1.75. The lowest BCUT2D eigenvalue weighted by atomic mass is 9.74. The molecule has 3 nitrogen and oxygen atoms in total. The van der Waals surface area contributed by atoms with Crippen molar-refractivity contribution in [2.24, 2.45) is 17.6 Å². The quantitative estimate of drug-likeness (QED) is 0.656. The van der Waals surface area contributed by atoms with Crippen molar-refractivity contribution in [3.05, 3.63) is 35.9 Å². The highest BCUT2D eigenvalue weighted by atomic mass is 15.2. The number of amidine groups is 1. The van der Waals surface area contributed by atoms with Crippen LogP contribution in [0.2, 0.25) is 0 Å². The van der Waals surface area contributed by atoms with E-state index in [4.69, 9.17) is 11.1 Å². The van der Waals surface area contributed by atoms with Crippen LogP contribution in [0.5, 0.6) is 0 Å². The van der Waals surface area contributed by atoms with E-state index in [1.54, 1.807) is 0 Å². The van der Waals surface area contributed by atoms with Gasteiger partial charge < -0.3 is 5.73 Å². The van der Waals surface area contributed by atoms with Gasteiger partial charge >= 0.3 is 0 Å². The highest BCUT2D eigenvalue weighted by Gasteiger charge is 2.34. The van der Waals surface area contributed by atoms with Crippen molar-refractivity contribution >= 4 is 5.84 Å². The summed E-state index contributed by atoms with van der Waals surface area (Å²) in [7, 11) is 0. The predicted octanol–water partition coefficient (Wildman–Crippen LogP) is 3.57. The van der Waals surface area contributed by atoms with Gasteiger partial charge in [0.15, 0.2) is 0 Å². The van der Waals surface area contributed by atoms with Gasteiger partial charge in [-0.25, -0.2) is 0 Å². The molecule has 0 amide bonds. The average molecular weight is 285 g/mol. The largest absolute Gasteiger partial charge is 0.388 e. The summed E-state index contributed by atoms with van der Waals surface area (Å²) < 4.78 is 0. The summed E-state index contributed by atoms with van der Waals surface area (Å²) in [6.45, 7) is 2.35. The van der Waals surface area contributed by atoms with Crippen LogP contribution in [0, 0.1) is 17.2 Å². The molecule has 0 spiro atoms. The monoisotopic (exact) mass is 285 g/mol. The predicted molar refractivity (Wildman–Crippen MR) is 87.4 cm³/mol. The summed E-state index contributed by atoms with van der Waals surface area (Å²) >= 11 is 0. The number of hydrogen-bond acceptors (Lipinski definition) is 2. The van der Waals surface area contributed by atoms with Gasteiger partial charge in [0.25, 0.3) is 0 Å². The fourth-order valence-electron chi connectivity index (χ4n) is 4.25. The number of piperidine rings is 1. The van der Waals surface area contributed by atoms with Gasteiger partial charge in [-0.1, -0.05) is 49.6 Å². The van der Waals surface area contributed by atoms with Gasteiger partial charge in [0, 0.05) is 19.0 Å². The Labute approximate surface area is 128 Å². The second-order valence-electron chi connectivity index (χ2n) is 6.74. The van der Waals surface area contributed by atoms with Gasteiger partial charge in [-0.2, -0.15) is 0 Å². The van der Waals surface area contributed by atoms with Crippen LogP contribution in [-0.2, 0) is 0 Å². The van der Waals surface area contributed by atoms with E-state index in [0.29, 0.717) is 12.3 Å². The normalized spacial score (nSPS) is 27.8. The molecule has 0 aromatic heterocycles. The molecule has 0 radical (unpaired) electrons. The maximum atomic E-state index is 7.73. The van der Waals surface area contributed by atoms with Crippen LogP contribution in [0.15, 0.2) is 30.3 Å². The molecule has 114 valence electrons. The SMILES string of the molecule is N=C(N)CC(c1ccccc1)N1CCC2CCCCC2C1. The fraction of sp³-hybridized carbons (Fsp3) is 0.611. The summed E-state index contributed by atoms with van der Waals surface area (Å²) in [5.41, 5.74) is 7.03. The minimum Gasteiger partial charge on any atom is -0.388 e. The molecule has 1 aliphatic carbocycles. The van der Waals surface area contributed by atoms with Gasteiger partial charge in [-0.05, 0) is 36.8 Å². The Morgan fingerprint density at radius 1 is 1.14 bits per heavy atom. The topological polar surface area (TPSA) is 53.1 Å². The van der Waals surface area contributed by atoms with Crippen LogP contribution in [0.25, 0.3) is 0 Å². The number of fused-ring (bicyclic) bond motifs is 1. The number of rotatable bonds is 4. The van der Waals surface area contributed by atoms with E-state index < -0.39 is 0 Å². The Morgan fingerprint density at radius 2 is 1.86 bits per heavy atom. The smallest absolute Gasteiger partial charge is 0.0924 e. The summed E-state index contributed by atoms with van der Waals surface area (Å²) in [5, 5.41) is 7.73. The van der Waals surface area contributed by atoms with E-state index in [2.05, 4.69) is 35.2 Å². The third-order valence-electron chi connectivity index (χ3n) is 5.36. The minimum atomic E-state index is 0.284. The fourth-order valence-corrected chi connectivity index (χ4v) is 4.25. The van der Waals surface area contributed by atoms with Gasteiger partial charge in [0.05, 0.1) is 5.84 Å². The molecule has 1 heterocycles. The molecule has 1 aromatic carbocycles. The van der Waals surface area contributed by atoms with Crippen LogP contribution < -0.4 is 5.73 Å². The van der Waals surface area contributed by atoms with Crippen molar-refractivity contribution in [1.29, 1.82) is 5.41 Å². The van der Waals surface area contributed by atoms with Crippen LogP contribution in [0.1, 0.15) is 50.1 Å². The number of nitrogens with one attached hydrogen (secondary N) is 1. The van der Waals surface area contributed by atoms with Crippen molar-refractivity contribution in [2.75, 3.05) is 13.1 Å². The number of nitrogens with zero attached hydrogens (tertiary/aromatic N) is 1. The highest BCUT2D eigenvalue weighted by molar-refractivity contribution is 5.77. The Bertz CT molecular complexity index is 471. The van der Waals surface area contributed by atoms with Gasteiger partial charge in [0.2, 0.25) is 0 Å². The molecule has 3 rings (SSSR count). The van der Waals surface area contributed by atoms with Crippen molar-refractivity contribution in [2.45, 2.75) is 44.6 Å². The zero-order chi connectivity index (χ0) is 14.7. The first-order valence-corrected chi connectivity index (χ1v) is 8.36. The molecule has 2 fully saturated rings. The first-order chi connectivity index (χ1) is 10.2. The maximum absolute atomic E-state index is 7.73. The molecule has 3 heteroatoms. The standard InChI is InChI=1S/C18H27N3/c19-18(20)12-17(15-7-2-1-3-8-15)21-11-10-14-6-4-5-9-16(14)13-21/h1-3,7-8,14,16-17H,4-6,9-13H2,(H3,19,20). The lowest BCUT2D eigenvalue weighted by Crippen LogP contribution is -2.44. The molecule has 1 aromatic rings. The van der Waals surface area contributed by atoms with Crippen molar-refractivity contribution < 1.29 is 0 Å². The molecule has 2 aliphatic rings. The molecule has 3 atom stereocenters. The molecule has 3 unspecified atom stereocenters. The first-order valence-electron chi connectivity index (χ1n) is 8.36. The number of hydrogen-bond donors (Lipinski definition) is 2. The zero-order valence-corrected chi connectivity index (χ0v) is 12.8. The third-order valence-corrected chi connectivity index (χ3v) is 5.36. The first kappa shape index (κ1) is 14.6. The number of likely N-dealkylation sites (tertiary alicyclic amines) is 1. The second kappa shape index (κ2) is 6.61. The third kappa shape index (κ3) is 3.46. The van der Waals surface area contributed by atoms with Gasteiger partial charge in [0.1, 0.15) is 0 Å². The van der Waals surface area contributed by atoms with Gasteiger partial charge in [-0.15, -0.1) is 0 Å². The Morgan fingerprint density at radius 3 is 2.57 bits per heavy atom. The molecule has 0 bridgehead atoms. The van der Waals surface area contributed by atoms with Crippen LogP contribution in [0.4, 0.5) is 0 Å². The second-order valence-corrected chi connectivity index (χ2v) is 6.74. The Hall–Kier alpha value is -1.35. The molecule has 1 aliphatic heterocycles. The van der Waals surface area contributed by atoms with Crippen molar-refractivity contribution in [1.82, 2.24) is 4.90 Å². The summed E-state index contributed by atoms with van der Waals surface area (Å²) in [6, 6.07) is 10.9. The number of nitrogens with two attached hydrogens (primary N) is 1. The highest BCUT2D eigenvalue weighted by Crippen LogP contribution is 2.39. The van der Waals surface area contributed by atoms with E-state index in [-0.39, 0.29) is 6.04 Å². The van der Waals surface area contributed by atoms with Crippen LogP contribution in [-0.4, -0.2) is 23.8 Å². The molecule has 21 heavy (non-hydrogen) atoms. The molecule has 1 saturated heterocycles. The van der Waals surface area contributed by atoms with Crippen molar-refractivity contribution in [3.8, 4) is 0 Å². The van der Waals surface area contributed by atoms with Gasteiger partial charge in [-0.3, -0.25) is 10.3 Å². The summed E-state index contributed by atoms with van der Waals surface area (Å²) in [6.07, 6.45) is 7.63. The van der Waals surface area contributed by atoms with E-state index >= 15 is 0 Å². The molecular weight excluding hydrogens is 258 g/mol. The summed E-state index contributed by atoms with van der Waals surface area (Å²) in [4.78, 5) is 2.59. The minimum absolute atomic E-state index is 0.284. The van der Waals surface area contributed by atoms with E-state index in [1.807, 2.05) is 0 Å². The van der Waals surface area contributed by atoms with Crippen LogP contribution in [0.3, 0.4) is 0 Å². The molecule has 1 saturated carbocycles. The lowest BCUT2D eigenvalue weighted by Gasteiger charge is -2.44. The average Bonchev–Trinajstić information content (AvgIpc) is 2.53. The van der Waals surface area contributed by atoms with E-state index in [0.717, 1.165) is 18.4 Å². The maximum Gasteiger partial charge on any atom is 0.0924 e. The lowest BCUT2D eigenvalue weighted by molar-refractivity contribution is 0.0580. The van der Waals surface area contributed by atoms with Crippen LogP contribution >= 0.6 is 0 Å². The van der Waals surface area contributed by atoms with E-state index in [1.165, 1.54) is 44.2 Å². The molecular formula is C18H27N3. The molecule has 3 N–H and O–H groups in total. The van der Waals surface area contributed by atoms with Crippen molar-refractivity contribution in [3.63, 3.8) is 0 Å². The Kier molecular flexibility index (Phi) is 4.59. The van der Waals surface area contributed by atoms with E-state index in [9.17, 15) is 0 Å². The summed E-state index contributed by atoms with van der Waals surface area (Å²) in [5.74, 6) is 2.11. The number of benzene rings is 1. The zero-order valence-electron chi connectivity index (χ0n) is 12.8.